The standard InChI is InChI=1S/C16H17N3/c1-2-4-13(5-3-1)14-8-15(10-17-9-14)19-7-6-18-11-16(19)12-18/h1-5,8-10,16H,6-7,11-12H2. The molecule has 0 aliphatic carbocycles. The van der Waals surface area contributed by atoms with Gasteiger partial charge in [0, 0.05) is 37.9 Å². The molecule has 2 bridgehead atoms. The molecule has 3 nitrogen and oxygen atoms in total. The Labute approximate surface area is 113 Å². The van der Waals surface area contributed by atoms with Gasteiger partial charge in [0.15, 0.2) is 0 Å². The average molecular weight is 251 g/mol. The zero-order valence-electron chi connectivity index (χ0n) is 10.9. The molecule has 0 unspecified atom stereocenters. The molecule has 3 saturated heterocycles. The summed E-state index contributed by atoms with van der Waals surface area (Å²) in [4.78, 5) is 9.46. The lowest BCUT2D eigenvalue weighted by Gasteiger charge is -2.52. The van der Waals surface area contributed by atoms with E-state index in [0.717, 1.165) is 6.54 Å². The fourth-order valence-electron chi connectivity index (χ4n) is 3.07. The molecule has 0 amide bonds. The number of hydrogen-bond donors (Lipinski definition) is 0. The summed E-state index contributed by atoms with van der Waals surface area (Å²) in [5, 5.41) is 0. The number of nitrogens with zero attached hydrogens (tertiary/aromatic N) is 3. The largest absolute Gasteiger partial charge is 0.363 e. The highest BCUT2D eigenvalue weighted by Crippen LogP contribution is 2.29. The summed E-state index contributed by atoms with van der Waals surface area (Å²) in [6.45, 7) is 4.75. The van der Waals surface area contributed by atoms with Crippen molar-refractivity contribution in [1.82, 2.24) is 9.88 Å². The Morgan fingerprint density at radius 3 is 2.53 bits per heavy atom. The van der Waals surface area contributed by atoms with Crippen LogP contribution in [0.1, 0.15) is 0 Å². The van der Waals surface area contributed by atoms with Crippen molar-refractivity contribution in [2.75, 3.05) is 31.1 Å². The van der Waals surface area contributed by atoms with E-state index in [9.17, 15) is 0 Å². The monoisotopic (exact) mass is 251 g/mol. The summed E-state index contributed by atoms with van der Waals surface area (Å²) in [6, 6.07) is 13.5. The third-order valence-corrected chi connectivity index (χ3v) is 4.20. The molecule has 1 aromatic carbocycles. The highest BCUT2D eigenvalue weighted by atomic mass is 15.4. The molecule has 0 saturated carbocycles. The fourth-order valence-corrected chi connectivity index (χ4v) is 3.07. The molecule has 4 heterocycles. The SMILES string of the molecule is c1ccc(-c2cncc(N3CCN4CC3C4)c2)cc1. The molecule has 19 heavy (non-hydrogen) atoms. The van der Waals surface area contributed by atoms with Crippen molar-refractivity contribution in [3.8, 4) is 11.1 Å². The first-order valence-electron chi connectivity index (χ1n) is 6.89. The van der Waals surface area contributed by atoms with Crippen LogP contribution in [-0.4, -0.2) is 42.1 Å². The highest BCUT2D eigenvalue weighted by molar-refractivity contribution is 5.67. The van der Waals surface area contributed by atoms with Crippen molar-refractivity contribution in [1.29, 1.82) is 0 Å². The van der Waals surface area contributed by atoms with Crippen molar-refractivity contribution in [3.05, 3.63) is 48.8 Å². The number of pyridine rings is 1. The van der Waals surface area contributed by atoms with Crippen molar-refractivity contribution in [2.45, 2.75) is 6.04 Å². The van der Waals surface area contributed by atoms with Gasteiger partial charge in [0.2, 0.25) is 0 Å². The van der Waals surface area contributed by atoms with Gasteiger partial charge in [0.25, 0.3) is 0 Å². The molecule has 0 N–H and O–H groups in total. The van der Waals surface area contributed by atoms with E-state index in [-0.39, 0.29) is 0 Å². The second kappa shape index (κ2) is 4.35. The summed E-state index contributed by atoms with van der Waals surface area (Å²) < 4.78 is 0. The van der Waals surface area contributed by atoms with E-state index in [1.54, 1.807) is 0 Å². The van der Waals surface area contributed by atoms with Gasteiger partial charge in [-0.3, -0.25) is 9.88 Å². The summed E-state index contributed by atoms with van der Waals surface area (Å²) in [7, 11) is 0. The number of hydrogen-bond acceptors (Lipinski definition) is 3. The lowest BCUT2D eigenvalue weighted by atomic mass is 10.0. The molecule has 0 atom stereocenters. The molecule has 2 aromatic rings. The lowest BCUT2D eigenvalue weighted by Crippen LogP contribution is -2.66. The second-order valence-electron chi connectivity index (χ2n) is 5.40. The molecule has 96 valence electrons. The molecule has 1 aromatic heterocycles. The van der Waals surface area contributed by atoms with Gasteiger partial charge in [0.1, 0.15) is 0 Å². The van der Waals surface area contributed by atoms with Gasteiger partial charge in [-0.05, 0) is 11.6 Å². The first-order valence-corrected chi connectivity index (χ1v) is 6.89. The van der Waals surface area contributed by atoms with E-state index < -0.39 is 0 Å². The van der Waals surface area contributed by atoms with Crippen molar-refractivity contribution in [3.63, 3.8) is 0 Å². The molecule has 0 spiro atoms. The van der Waals surface area contributed by atoms with E-state index in [1.807, 2.05) is 18.5 Å². The smallest absolute Gasteiger partial charge is 0.0562 e. The minimum atomic E-state index is 0.696. The van der Waals surface area contributed by atoms with Crippen LogP contribution >= 0.6 is 0 Å². The van der Waals surface area contributed by atoms with Gasteiger partial charge in [-0.1, -0.05) is 30.3 Å². The quantitative estimate of drug-likeness (QED) is 0.816. The molecule has 5 rings (SSSR count). The molecule has 3 heteroatoms. The Kier molecular flexibility index (Phi) is 2.52. The van der Waals surface area contributed by atoms with Gasteiger partial charge >= 0.3 is 0 Å². The molecule has 0 radical (unpaired) electrons. The molecule has 3 fully saturated rings. The van der Waals surface area contributed by atoms with Gasteiger partial charge < -0.3 is 4.90 Å². The normalized spacial score (nSPS) is 24.9. The Hall–Kier alpha value is -1.87. The minimum Gasteiger partial charge on any atom is -0.363 e. The number of fused-ring (bicyclic) bond motifs is 2. The zero-order valence-corrected chi connectivity index (χ0v) is 10.9. The Morgan fingerprint density at radius 1 is 0.947 bits per heavy atom. The second-order valence-corrected chi connectivity index (χ2v) is 5.40. The van der Waals surface area contributed by atoms with Crippen molar-refractivity contribution >= 4 is 5.69 Å². The number of anilines is 1. The number of benzene rings is 1. The van der Waals surface area contributed by atoms with Gasteiger partial charge in [-0.25, -0.2) is 0 Å². The van der Waals surface area contributed by atoms with Crippen molar-refractivity contribution in [2.24, 2.45) is 0 Å². The van der Waals surface area contributed by atoms with Crippen LogP contribution in [0.2, 0.25) is 0 Å². The Morgan fingerprint density at radius 2 is 1.79 bits per heavy atom. The topological polar surface area (TPSA) is 19.4 Å². The molecular weight excluding hydrogens is 234 g/mol. The van der Waals surface area contributed by atoms with Crippen LogP contribution in [0.5, 0.6) is 0 Å². The summed E-state index contributed by atoms with van der Waals surface area (Å²) in [5.74, 6) is 0. The van der Waals surface area contributed by atoms with Crippen LogP contribution in [0.25, 0.3) is 11.1 Å². The molecule has 3 aliphatic rings. The Bertz CT molecular complexity index is 573. The fraction of sp³-hybridized carbons (Fsp3) is 0.312. The lowest BCUT2D eigenvalue weighted by molar-refractivity contribution is 0.110. The van der Waals surface area contributed by atoms with E-state index >= 15 is 0 Å². The number of aromatic nitrogens is 1. The number of piperazine rings is 2. The van der Waals surface area contributed by atoms with Gasteiger partial charge in [0.05, 0.1) is 17.9 Å². The summed E-state index contributed by atoms with van der Waals surface area (Å²) >= 11 is 0. The van der Waals surface area contributed by atoms with E-state index in [2.05, 4.69) is 45.1 Å². The number of rotatable bonds is 2. The van der Waals surface area contributed by atoms with Crippen LogP contribution in [0, 0.1) is 0 Å². The maximum absolute atomic E-state index is 4.43. The van der Waals surface area contributed by atoms with E-state index in [1.165, 1.54) is 36.4 Å². The summed E-state index contributed by atoms with van der Waals surface area (Å²) in [5.41, 5.74) is 3.72. The van der Waals surface area contributed by atoms with Crippen LogP contribution in [0.3, 0.4) is 0 Å². The molecular formula is C16H17N3. The van der Waals surface area contributed by atoms with Crippen LogP contribution < -0.4 is 4.90 Å². The maximum atomic E-state index is 4.43. The summed E-state index contributed by atoms with van der Waals surface area (Å²) in [6.07, 6.45) is 3.95. The highest BCUT2D eigenvalue weighted by Gasteiger charge is 2.36. The van der Waals surface area contributed by atoms with E-state index in [0.29, 0.717) is 6.04 Å². The van der Waals surface area contributed by atoms with Crippen LogP contribution in [0.4, 0.5) is 5.69 Å². The Balaban J connectivity index is 1.67. The predicted molar refractivity (Wildman–Crippen MR) is 77.2 cm³/mol. The van der Waals surface area contributed by atoms with Crippen LogP contribution in [0.15, 0.2) is 48.8 Å². The van der Waals surface area contributed by atoms with E-state index in [4.69, 9.17) is 0 Å². The third-order valence-electron chi connectivity index (χ3n) is 4.20. The first-order chi connectivity index (χ1) is 9.40. The molecule has 3 aliphatic heterocycles. The van der Waals surface area contributed by atoms with Gasteiger partial charge in [-0.2, -0.15) is 0 Å². The third kappa shape index (κ3) is 1.90. The maximum Gasteiger partial charge on any atom is 0.0562 e. The average Bonchev–Trinajstić information content (AvgIpc) is 2.48. The van der Waals surface area contributed by atoms with Crippen molar-refractivity contribution < 1.29 is 0 Å². The van der Waals surface area contributed by atoms with Gasteiger partial charge in [-0.15, -0.1) is 0 Å². The zero-order chi connectivity index (χ0) is 12.7. The minimum absolute atomic E-state index is 0.696. The van der Waals surface area contributed by atoms with Crippen LogP contribution in [-0.2, 0) is 0 Å². The first kappa shape index (κ1) is 11.0. The predicted octanol–water partition coefficient (Wildman–Crippen LogP) is 2.25.